The Kier molecular flexibility index (Phi) is 5.96. The van der Waals surface area contributed by atoms with Crippen LogP contribution in [-0.2, 0) is 27.8 Å². The molecule has 9 heteroatoms. The molecular formula is C19H21N3O5S. The zero-order valence-corrected chi connectivity index (χ0v) is 16.4. The third kappa shape index (κ3) is 4.87. The van der Waals surface area contributed by atoms with Crippen molar-refractivity contribution in [3.8, 4) is 0 Å². The van der Waals surface area contributed by atoms with Crippen molar-refractivity contribution < 1.29 is 22.2 Å². The quantitative estimate of drug-likeness (QED) is 0.598. The Balaban J connectivity index is 1.55. The maximum absolute atomic E-state index is 12.3. The predicted octanol–water partition coefficient (Wildman–Crippen LogP) is 2.93. The molecule has 1 amide bonds. The highest BCUT2D eigenvalue weighted by molar-refractivity contribution is 7.89. The van der Waals surface area contributed by atoms with Crippen molar-refractivity contribution in [3.63, 3.8) is 0 Å². The zero-order valence-electron chi connectivity index (χ0n) is 15.6. The highest BCUT2D eigenvalue weighted by Crippen LogP contribution is 2.17. The summed E-state index contributed by atoms with van der Waals surface area (Å²) in [6.45, 7) is 3.71. The average molecular weight is 403 g/mol. The van der Waals surface area contributed by atoms with Crippen molar-refractivity contribution in [2.75, 3.05) is 5.32 Å². The lowest BCUT2D eigenvalue weighted by Crippen LogP contribution is -2.23. The van der Waals surface area contributed by atoms with E-state index in [1.807, 2.05) is 13.8 Å². The number of hydrogen-bond donors (Lipinski definition) is 2. The summed E-state index contributed by atoms with van der Waals surface area (Å²) in [5.41, 5.74) is 2.23. The molecule has 0 saturated carbocycles. The summed E-state index contributed by atoms with van der Waals surface area (Å²) in [4.78, 5) is 12.2. The fourth-order valence-corrected chi connectivity index (χ4v) is 3.69. The number of anilines is 1. The van der Waals surface area contributed by atoms with Gasteiger partial charge in [-0.15, -0.1) is 0 Å². The van der Waals surface area contributed by atoms with Crippen LogP contribution in [0, 0.1) is 13.8 Å². The van der Waals surface area contributed by atoms with Crippen molar-refractivity contribution in [1.29, 1.82) is 0 Å². The van der Waals surface area contributed by atoms with Gasteiger partial charge in [0.1, 0.15) is 11.5 Å². The summed E-state index contributed by atoms with van der Waals surface area (Å²) < 4.78 is 37.3. The van der Waals surface area contributed by atoms with Crippen molar-refractivity contribution in [3.05, 3.63) is 65.4 Å². The van der Waals surface area contributed by atoms with Gasteiger partial charge >= 0.3 is 0 Å². The van der Waals surface area contributed by atoms with Gasteiger partial charge in [-0.25, -0.2) is 13.1 Å². The third-order valence-electron chi connectivity index (χ3n) is 4.25. The maximum Gasteiger partial charge on any atom is 0.240 e. The highest BCUT2D eigenvalue weighted by Gasteiger charge is 2.15. The van der Waals surface area contributed by atoms with E-state index in [0.29, 0.717) is 23.6 Å². The number of amides is 1. The topological polar surface area (TPSA) is 114 Å². The number of carbonyl (C=O) groups excluding carboxylic acids is 1. The highest BCUT2D eigenvalue weighted by atomic mass is 32.2. The van der Waals surface area contributed by atoms with E-state index in [0.717, 1.165) is 11.3 Å². The van der Waals surface area contributed by atoms with E-state index >= 15 is 0 Å². The Morgan fingerprint density at radius 1 is 1.14 bits per heavy atom. The van der Waals surface area contributed by atoms with Gasteiger partial charge in [0.05, 0.1) is 23.4 Å². The van der Waals surface area contributed by atoms with Crippen LogP contribution < -0.4 is 10.0 Å². The van der Waals surface area contributed by atoms with Gasteiger partial charge in [0.15, 0.2) is 0 Å². The second-order valence-corrected chi connectivity index (χ2v) is 8.05. The van der Waals surface area contributed by atoms with Crippen molar-refractivity contribution >= 4 is 21.6 Å². The Bertz CT molecular complexity index is 1020. The first-order valence-electron chi connectivity index (χ1n) is 8.69. The van der Waals surface area contributed by atoms with E-state index in [4.69, 9.17) is 8.94 Å². The van der Waals surface area contributed by atoms with Gasteiger partial charge in [-0.1, -0.05) is 5.16 Å². The number of nitrogens with zero attached hydrogens (tertiary/aromatic N) is 1. The Hall–Kier alpha value is -2.91. The van der Waals surface area contributed by atoms with Crippen LogP contribution >= 0.6 is 0 Å². The molecule has 0 bridgehead atoms. The number of rotatable bonds is 8. The van der Waals surface area contributed by atoms with E-state index in [1.165, 1.54) is 18.4 Å². The third-order valence-corrected chi connectivity index (χ3v) is 5.67. The first-order valence-corrected chi connectivity index (χ1v) is 10.2. The van der Waals surface area contributed by atoms with Crippen molar-refractivity contribution in [2.24, 2.45) is 0 Å². The molecule has 0 aliphatic carbocycles. The number of sulfonamides is 1. The minimum atomic E-state index is -3.67. The minimum absolute atomic E-state index is 0.0650. The molecule has 0 aliphatic rings. The number of benzene rings is 1. The van der Waals surface area contributed by atoms with Crippen molar-refractivity contribution in [2.45, 2.75) is 38.1 Å². The second kappa shape index (κ2) is 8.41. The van der Waals surface area contributed by atoms with Gasteiger partial charge in [-0.2, -0.15) is 0 Å². The molecule has 28 heavy (non-hydrogen) atoms. The molecule has 0 unspecified atom stereocenters. The monoisotopic (exact) mass is 403 g/mol. The summed E-state index contributed by atoms with van der Waals surface area (Å²) in [6, 6.07) is 9.35. The van der Waals surface area contributed by atoms with Gasteiger partial charge in [-0.3, -0.25) is 4.79 Å². The summed E-state index contributed by atoms with van der Waals surface area (Å²) in [7, 11) is -3.67. The Labute approximate surface area is 163 Å². The summed E-state index contributed by atoms with van der Waals surface area (Å²) >= 11 is 0. The molecule has 3 rings (SSSR count). The van der Waals surface area contributed by atoms with E-state index < -0.39 is 10.0 Å². The number of nitrogens with one attached hydrogen (secondary N) is 2. The summed E-state index contributed by atoms with van der Waals surface area (Å²) in [5.74, 6) is 1.05. The molecule has 0 fully saturated rings. The molecule has 0 spiro atoms. The molecule has 2 heterocycles. The number of aryl methyl sites for hydroxylation is 2. The Morgan fingerprint density at radius 3 is 2.50 bits per heavy atom. The van der Waals surface area contributed by atoms with Crippen LogP contribution in [0.25, 0.3) is 0 Å². The molecular weight excluding hydrogens is 382 g/mol. The van der Waals surface area contributed by atoms with E-state index in [-0.39, 0.29) is 23.8 Å². The molecule has 2 N–H and O–H groups in total. The second-order valence-electron chi connectivity index (χ2n) is 6.28. The van der Waals surface area contributed by atoms with Crippen LogP contribution in [0.1, 0.15) is 29.2 Å². The smallest absolute Gasteiger partial charge is 0.240 e. The molecule has 0 aliphatic heterocycles. The van der Waals surface area contributed by atoms with E-state index in [2.05, 4.69) is 15.2 Å². The Morgan fingerprint density at radius 2 is 1.89 bits per heavy atom. The SMILES string of the molecule is Cc1noc(C)c1CCC(=O)Nc1ccc(S(=O)(=O)NCc2ccco2)cc1. The summed E-state index contributed by atoms with van der Waals surface area (Å²) in [5, 5.41) is 6.62. The molecule has 1 aromatic carbocycles. The van der Waals surface area contributed by atoms with Gasteiger partial charge in [0, 0.05) is 17.7 Å². The van der Waals surface area contributed by atoms with E-state index in [1.54, 1.807) is 24.3 Å². The summed E-state index contributed by atoms with van der Waals surface area (Å²) in [6.07, 6.45) is 2.27. The van der Waals surface area contributed by atoms with Crippen LogP contribution in [-0.4, -0.2) is 19.5 Å². The predicted molar refractivity (Wildman–Crippen MR) is 102 cm³/mol. The van der Waals surface area contributed by atoms with Crippen LogP contribution in [0.4, 0.5) is 5.69 Å². The fraction of sp³-hybridized carbons (Fsp3) is 0.263. The molecule has 0 radical (unpaired) electrons. The van der Waals surface area contributed by atoms with Gasteiger partial charge in [0.25, 0.3) is 0 Å². The molecule has 8 nitrogen and oxygen atoms in total. The number of carbonyl (C=O) groups is 1. The first-order chi connectivity index (χ1) is 13.3. The van der Waals surface area contributed by atoms with Crippen LogP contribution in [0.3, 0.4) is 0 Å². The first kappa shape index (κ1) is 19.8. The lowest BCUT2D eigenvalue weighted by Gasteiger charge is -2.08. The molecule has 3 aromatic rings. The lowest BCUT2D eigenvalue weighted by molar-refractivity contribution is -0.116. The zero-order chi connectivity index (χ0) is 20.1. The van der Waals surface area contributed by atoms with Gasteiger partial charge in [0.2, 0.25) is 15.9 Å². The standard InChI is InChI=1S/C19H21N3O5S/c1-13-18(14(2)27-22-13)9-10-19(23)21-15-5-7-17(8-6-15)28(24,25)20-12-16-4-3-11-26-16/h3-8,11,20H,9-10,12H2,1-2H3,(H,21,23). The lowest BCUT2D eigenvalue weighted by atomic mass is 10.1. The van der Waals surface area contributed by atoms with E-state index in [9.17, 15) is 13.2 Å². The molecule has 0 saturated heterocycles. The van der Waals surface area contributed by atoms with Gasteiger partial charge in [-0.05, 0) is 56.7 Å². The normalized spacial score (nSPS) is 11.5. The largest absolute Gasteiger partial charge is 0.468 e. The van der Waals surface area contributed by atoms with Crippen molar-refractivity contribution in [1.82, 2.24) is 9.88 Å². The maximum atomic E-state index is 12.3. The molecule has 148 valence electrons. The fourth-order valence-electron chi connectivity index (χ4n) is 2.70. The van der Waals surface area contributed by atoms with Crippen LogP contribution in [0.15, 0.2) is 56.5 Å². The average Bonchev–Trinajstić information content (AvgIpc) is 3.29. The number of furan rings is 1. The van der Waals surface area contributed by atoms with Gasteiger partial charge < -0.3 is 14.3 Å². The van der Waals surface area contributed by atoms with Crippen LogP contribution in [0.2, 0.25) is 0 Å². The molecule has 0 atom stereocenters. The molecule has 2 aromatic heterocycles. The number of hydrogen-bond acceptors (Lipinski definition) is 6. The number of aromatic nitrogens is 1. The van der Waals surface area contributed by atoms with Crippen LogP contribution in [0.5, 0.6) is 0 Å². The minimum Gasteiger partial charge on any atom is -0.468 e.